The average Bonchev–Trinajstić information content (AvgIpc) is 2.06. The van der Waals surface area contributed by atoms with E-state index in [2.05, 4.69) is 5.14 Å². The minimum Gasteiger partial charge on any atom is -0.366 e. The molecule has 0 fully saturated rings. The van der Waals surface area contributed by atoms with E-state index in [1.165, 1.54) is 0 Å². The van der Waals surface area contributed by atoms with Gasteiger partial charge in [0.1, 0.15) is 4.90 Å². The average molecular weight is 236 g/mol. The number of sulfonamides is 1. The van der Waals surface area contributed by atoms with Gasteiger partial charge in [-0.1, -0.05) is 0 Å². The van der Waals surface area contributed by atoms with E-state index in [1.807, 2.05) is 0 Å². The van der Waals surface area contributed by atoms with Gasteiger partial charge >= 0.3 is 0 Å². The van der Waals surface area contributed by atoms with Crippen molar-refractivity contribution in [2.75, 3.05) is 0 Å². The molecule has 4 N–H and O–H groups in total. The van der Waals surface area contributed by atoms with Crippen LogP contribution in [0.25, 0.3) is 0 Å². The van der Waals surface area contributed by atoms with Gasteiger partial charge in [-0.05, 0) is 12.1 Å². The molecule has 0 heterocycles. The number of halogens is 2. The van der Waals surface area contributed by atoms with Crippen molar-refractivity contribution in [2.45, 2.75) is 4.90 Å². The van der Waals surface area contributed by atoms with Crippen LogP contribution in [0.4, 0.5) is 8.78 Å². The second-order valence-corrected chi connectivity index (χ2v) is 4.21. The van der Waals surface area contributed by atoms with Crippen molar-refractivity contribution >= 4 is 15.9 Å². The molecule has 0 bridgehead atoms. The van der Waals surface area contributed by atoms with E-state index in [0.29, 0.717) is 12.1 Å². The topological polar surface area (TPSA) is 103 Å². The van der Waals surface area contributed by atoms with Crippen molar-refractivity contribution in [2.24, 2.45) is 10.9 Å². The molecule has 1 aromatic rings. The number of carbonyl (C=O) groups is 1. The summed E-state index contributed by atoms with van der Waals surface area (Å²) >= 11 is 0. The van der Waals surface area contributed by atoms with Crippen molar-refractivity contribution in [1.82, 2.24) is 0 Å². The molecular weight excluding hydrogens is 230 g/mol. The number of hydrogen-bond donors (Lipinski definition) is 2. The molecule has 82 valence electrons. The van der Waals surface area contributed by atoms with Gasteiger partial charge in [-0.3, -0.25) is 4.79 Å². The largest absolute Gasteiger partial charge is 0.366 e. The summed E-state index contributed by atoms with van der Waals surface area (Å²) in [6.07, 6.45) is 0. The third-order valence-corrected chi connectivity index (χ3v) is 2.50. The van der Waals surface area contributed by atoms with Crippen LogP contribution in [-0.2, 0) is 10.0 Å². The molecule has 8 heteroatoms. The van der Waals surface area contributed by atoms with Crippen molar-refractivity contribution in [3.8, 4) is 0 Å². The highest BCUT2D eigenvalue weighted by Crippen LogP contribution is 2.18. The Morgan fingerprint density at radius 2 is 1.80 bits per heavy atom. The lowest BCUT2D eigenvalue weighted by Crippen LogP contribution is -2.18. The maximum Gasteiger partial charge on any atom is 0.248 e. The SMILES string of the molecule is NC(=O)c1cc(F)c(F)c(S(N)(=O)=O)c1. The summed E-state index contributed by atoms with van der Waals surface area (Å²) in [5.74, 6) is -4.23. The number of rotatable bonds is 2. The number of primary amides is 1. The fraction of sp³-hybridized carbons (Fsp3) is 0. The van der Waals surface area contributed by atoms with Gasteiger partial charge in [0.05, 0.1) is 0 Å². The zero-order valence-corrected chi connectivity index (χ0v) is 8.01. The molecule has 1 aromatic carbocycles. The van der Waals surface area contributed by atoms with Gasteiger partial charge < -0.3 is 5.73 Å². The summed E-state index contributed by atoms with van der Waals surface area (Å²) in [4.78, 5) is 9.54. The third-order valence-electron chi connectivity index (χ3n) is 1.59. The molecule has 0 saturated carbocycles. The Labute approximate surface area is 83.7 Å². The highest BCUT2D eigenvalue weighted by molar-refractivity contribution is 7.89. The Hall–Kier alpha value is -1.54. The first-order valence-corrected chi connectivity index (χ1v) is 5.09. The summed E-state index contributed by atoms with van der Waals surface area (Å²) in [6, 6.07) is 1.07. The van der Waals surface area contributed by atoms with Crippen LogP contribution in [0.2, 0.25) is 0 Å². The zero-order valence-electron chi connectivity index (χ0n) is 7.20. The van der Waals surface area contributed by atoms with Gasteiger partial charge in [0.15, 0.2) is 11.6 Å². The summed E-state index contributed by atoms with van der Waals surface area (Å²) in [6.45, 7) is 0. The summed E-state index contributed by atoms with van der Waals surface area (Å²) in [7, 11) is -4.43. The molecule has 1 rings (SSSR count). The molecule has 15 heavy (non-hydrogen) atoms. The number of amides is 1. The third kappa shape index (κ3) is 2.28. The summed E-state index contributed by atoms with van der Waals surface area (Å²) in [5, 5.41) is 4.61. The number of carbonyl (C=O) groups excluding carboxylic acids is 1. The fourth-order valence-electron chi connectivity index (χ4n) is 0.913. The van der Waals surface area contributed by atoms with Crippen LogP contribution in [0.15, 0.2) is 17.0 Å². The maximum absolute atomic E-state index is 13.0. The molecule has 0 spiro atoms. The quantitative estimate of drug-likeness (QED) is 0.737. The molecular formula is C7H6F2N2O3S. The monoisotopic (exact) mass is 236 g/mol. The first-order chi connectivity index (χ1) is 6.73. The molecule has 5 nitrogen and oxygen atoms in total. The minimum absolute atomic E-state index is 0.474. The van der Waals surface area contributed by atoms with E-state index in [4.69, 9.17) is 5.73 Å². The van der Waals surface area contributed by atoms with Crippen LogP contribution in [-0.4, -0.2) is 14.3 Å². The molecule has 0 aromatic heterocycles. The van der Waals surface area contributed by atoms with E-state index in [0.717, 1.165) is 0 Å². The van der Waals surface area contributed by atoms with E-state index in [1.54, 1.807) is 0 Å². The van der Waals surface area contributed by atoms with Crippen molar-refractivity contribution in [1.29, 1.82) is 0 Å². The van der Waals surface area contributed by atoms with Crippen LogP contribution in [0, 0.1) is 11.6 Å². The molecule has 0 atom stereocenters. The van der Waals surface area contributed by atoms with Gasteiger partial charge in [0, 0.05) is 5.56 Å². The van der Waals surface area contributed by atoms with Crippen molar-refractivity contribution in [3.63, 3.8) is 0 Å². The number of nitrogens with two attached hydrogens (primary N) is 2. The highest BCUT2D eigenvalue weighted by Gasteiger charge is 2.20. The van der Waals surface area contributed by atoms with Gasteiger partial charge in [0.2, 0.25) is 15.9 Å². The Balaban J connectivity index is 3.59. The molecule has 0 aliphatic heterocycles. The molecule has 0 aliphatic carbocycles. The van der Waals surface area contributed by atoms with E-state index in [9.17, 15) is 22.0 Å². The van der Waals surface area contributed by atoms with Crippen LogP contribution in [0.5, 0.6) is 0 Å². The number of benzene rings is 1. The van der Waals surface area contributed by atoms with Crippen LogP contribution in [0.3, 0.4) is 0 Å². The lowest BCUT2D eigenvalue weighted by atomic mass is 10.2. The standard InChI is InChI=1S/C7H6F2N2O3S/c8-4-1-3(7(10)12)2-5(6(4)9)15(11,13)14/h1-2H,(H2,10,12)(H2,11,13,14). The van der Waals surface area contributed by atoms with Crippen molar-refractivity contribution in [3.05, 3.63) is 29.3 Å². The summed E-state index contributed by atoms with van der Waals surface area (Å²) < 4.78 is 47.4. The fourth-order valence-corrected chi connectivity index (χ4v) is 1.55. The molecule has 0 saturated heterocycles. The first-order valence-electron chi connectivity index (χ1n) is 3.55. The Bertz CT molecular complexity index is 527. The van der Waals surface area contributed by atoms with E-state index >= 15 is 0 Å². The second kappa shape index (κ2) is 3.55. The Morgan fingerprint density at radius 3 is 2.20 bits per heavy atom. The second-order valence-electron chi connectivity index (χ2n) is 2.68. The number of hydrogen-bond acceptors (Lipinski definition) is 3. The Kier molecular flexibility index (Phi) is 2.73. The van der Waals surface area contributed by atoms with Gasteiger partial charge in [-0.15, -0.1) is 0 Å². The van der Waals surface area contributed by atoms with E-state index in [-0.39, 0.29) is 0 Å². The lowest BCUT2D eigenvalue weighted by Gasteiger charge is -2.03. The molecule has 0 radical (unpaired) electrons. The minimum atomic E-state index is -4.43. The van der Waals surface area contributed by atoms with Crippen LogP contribution in [0.1, 0.15) is 10.4 Å². The maximum atomic E-state index is 13.0. The van der Waals surface area contributed by atoms with Gasteiger partial charge in [-0.2, -0.15) is 0 Å². The highest BCUT2D eigenvalue weighted by atomic mass is 32.2. The number of primary sulfonamides is 1. The summed E-state index contributed by atoms with van der Waals surface area (Å²) in [5.41, 5.74) is 4.31. The van der Waals surface area contributed by atoms with Gasteiger partial charge in [-0.25, -0.2) is 22.3 Å². The predicted molar refractivity (Wildman–Crippen MR) is 46.2 cm³/mol. The van der Waals surface area contributed by atoms with Crippen LogP contribution < -0.4 is 10.9 Å². The van der Waals surface area contributed by atoms with Crippen molar-refractivity contribution < 1.29 is 22.0 Å². The van der Waals surface area contributed by atoms with Crippen LogP contribution >= 0.6 is 0 Å². The zero-order chi connectivity index (χ0) is 11.8. The van der Waals surface area contributed by atoms with Gasteiger partial charge in [0.25, 0.3) is 0 Å². The first kappa shape index (κ1) is 11.5. The lowest BCUT2D eigenvalue weighted by molar-refractivity contribution is 0.0999. The Morgan fingerprint density at radius 1 is 1.27 bits per heavy atom. The molecule has 0 aliphatic rings. The predicted octanol–water partition coefficient (Wildman–Crippen LogP) is -0.289. The normalized spacial score (nSPS) is 11.4. The molecule has 1 amide bonds. The van der Waals surface area contributed by atoms with E-state index < -0.39 is 38.0 Å². The molecule has 0 unspecified atom stereocenters. The smallest absolute Gasteiger partial charge is 0.248 e.